The van der Waals surface area contributed by atoms with Crippen LogP contribution in [0, 0.1) is 6.92 Å². The second-order valence-corrected chi connectivity index (χ2v) is 5.13. The quantitative estimate of drug-likeness (QED) is 0.854. The van der Waals surface area contributed by atoms with Gasteiger partial charge in [-0.2, -0.15) is 0 Å². The van der Waals surface area contributed by atoms with E-state index in [-0.39, 0.29) is 0 Å². The van der Waals surface area contributed by atoms with Crippen molar-refractivity contribution in [3.63, 3.8) is 0 Å². The van der Waals surface area contributed by atoms with Gasteiger partial charge in [0.15, 0.2) is 0 Å². The molecule has 1 heterocycles. The number of nitrogens with zero attached hydrogens (tertiary/aromatic N) is 1. The van der Waals surface area contributed by atoms with Crippen LogP contribution < -0.4 is 10.9 Å². The van der Waals surface area contributed by atoms with Crippen LogP contribution >= 0.6 is 11.6 Å². The molecule has 0 spiro atoms. The average molecular weight is 322 g/mol. The highest BCUT2D eigenvalue weighted by Crippen LogP contribution is 2.16. The molecule has 0 aliphatic carbocycles. The van der Waals surface area contributed by atoms with E-state index in [9.17, 15) is 9.59 Å². The minimum atomic E-state index is -0.450. The second kappa shape index (κ2) is 7.00. The molecule has 0 aliphatic rings. The molecule has 22 heavy (non-hydrogen) atoms. The Morgan fingerprint density at radius 1 is 1.23 bits per heavy atom. The summed E-state index contributed by atoms with van der Waals surface area (Å²) in [4.78, 5) is 25.2. The summed E-state index contributed by atoms with van der Waals surface area (Å²) in [5.41, 5.74) is 5.86. The molecule has 0 aliphatic heterocycles. The minimum Gasteiger partial charge on any atom is -0.469 e. The third-order valence-corrected chi connectivity index (χ3v) is 3.47. The first kappa shape index (κ1) is 15.9. The van der Waals surface area contributed by atoms with Crippen LogP contribution in [-0.2, 0) is 6.54 Å². The van der Waals surface area contributed by atoms with Gasteiger partial charge in [-0.1, -0.05) is 29.8 Å². The Morgan fingerprint density at radius 3 is 2.59 bits per heavy atom. The molecule has 6 nitrogen and oxygen atoms in total. The van der Waals surface area contributed by atoms with Crippen LogP contribution in [-0.4, -0.2) is 23.9 Å². The zero-order chi connectivity index (χ0) is 16.1. The van der Waals surface area contributed by atoms with Crippen LogP contribution in [0.25, 0.3) is 0 Å². The van der Waals surface area contributed by atoms with E-state index < -0.39 is 11.9 Å². The van der Waals surface area contributed by atoms with Gasteiger partial charge in [-0.25, -0.2) is 10.2 Å². The third kappa shape index (κ3) is 3.79. The molecule has 0 fully saturated rings. The summed E-state index contributed by atoms with van der Waals surface area (Å²) in [6.07, 6.45) is 1.41. The molecule has 0 bridgehead atoms. The van der Waals surface area contributed by atoms with Crippen molar-refractivity contribution in [2.45, 2.75) is 13.5 Å². The van der Waals surface area contributed by atoms with Gasteiger partial charge in [0.2, 0.25) is 0 Å². The highest BCUT2D eigenvalue weighted by molar-refractivity contribution is 6.31. The van der Waals surface area contributed by atoms with Gasteiger partial charge in [-0.05, 0) is 24.6 Å². The molecule has 1 aromatic carbocycles. The molecular formula is C15H16ClN3O3. The van der Waals surface area contributed by atoms with Gasteiger partial charge < -0.3 is 9.32 Å². The van der Waals surface area contributed by atoms with Gasteiger partial charge in [-0.3, -0.25) is 10.2 Å². The number of aryl methyl sites for hydroxylation is 1. The number of rotatable bonds is 3. The lowest BCUT2D eigenvalue weighted by Gasteiger charge is -2.18. The SMILES string of the molecule is Cc1occc1C(=O)NNC(=O)N(C)Cc1ccccc1Cl. The first-order valence-electron chi connectivity index (χ1n) is 6.58. The van der Waals surface area contributed by atoms with E-state index in [0.717, 1.165) is 5.56 Å². The van der Waals surface area contributed by atoms with E-state index in [2.05, 4.69) is 10.9 Å². The van der Waals surface area contributed by atoms with Crippen molar-refractivity contribution in [2.75, 3.05) is 7.05 Å². The minimum absolute atomic E-state index is 0.326. The van der Waals surface area contributed by atoms with Gasteiger partial charge in [0, 0.05) is 18.6 Å². The van der Waals surface area contributed by atoms with E-state index in [1.165, 1.54) is 17.2 Å². The van der Waals surface area contributed by atoms with E-state index in [4.69, 9.17) is 16.0 Å². The number of carbonyl (C=O) groups is 2. The number of hydrazine groups is 1. The van der Waals surface area contributed by atoms with Crippen LogP contribution in [0.1, 0.15) is 21.7 Å². The van der Waals surface area contributed by atoms with E-state index in [0.29, 0.717) is 22.9 Å². The van der Waals surface area contributed by atoms with Gasteiger partial charge in [0.05, 0.1) is 11.8 Å². The maximum Gasteiger partial charge on any atom is 0.336 e. The molecule has 0 atom stereocenters. The van der Waals surface area contributed by atoms with Crippen molar-refractivity contribution in [1.29, 1.82) is 0 Å². The normalized spacial score (nSPS) is 10.1. The third-order valence-electron chi connectivity index (χ3n) is 3.10. The van der Waals surface area contributed by atoms with Crippen LogP contribution in [0.3, 0.4) is 0 Å². The van der Waals surface area contributed by atoms with Gasteiger partial charge in [-0.15, -0.1) is 0 Å². The molecule has 1 aromatic heterocycles. The summed E-state index contributed by atoms with van der Waals surface area (Å²) in [5, 5.41) is 0.584. The van der Waals surface area contributed by atoms with Crippen molar-refractivity contribution < 1.29 is 14.0 Å². The largest absolute Gasteiger partial charge is 0.469 e. The molecule has 2 N–H and O–H groups in total. The molecule has 116 valence electrons. The number of nitrogens with one attached hydrogen (secondary N) is 2. The summed E-state index contributed by atoms with van der Waals surface area (Å²) in [5.74, 6) is 0.0434. The summed E-state index contributed by atoms with van der Waals surface area (Å²) in [7, 11) is 1.61. The molecule has 0 saturated carbocycles. The lowest BCUT2D eigenvalue weighted by atomic mass is 10.2. The van der Waals surface area contributed by atoms with Gasteiger partial charge in [0.1, 0.15) is 5.76 Å². The number of hydrogen-bond donors (Lipinski definition) is 2. The number of hydrogen-bond acceptors (Lipinski definition) is 3. The summed E-state index contributed by atoms with van der Waals surface area (Å²) >= 11 is 6.05. The summed E-state index contributed by atoms with van der Waals surface area (Å²) in [6, 6.07) is 8.33. The second-order valence-electron chi connectivity index (χ2n) is 4.72. The van der Waals surface area contributed by atoms with E-state index >= 15 is 0 Å². The van der Waals surface area contributed by atoms with Gasteiger partial charge in [0.25, 0.3) is 5.91 Å². The lowest BCUT2D eigenvalue weighted by Crippen LogP contribution is -2.47. The van der Waals surface area contributed by atoms with Crippen molar-refractivity contribution in [3.05, 3.63) is 58.5 Å². The molecule has 0 radical (unpaired) electrons. The van der Waals surface area contributed by atoms with Crippen LogP contribution in [0.4, 0.5) is 4.79 Å². The molecular weight excluding hydrogens is 306 g/mol. The Morgan fingerprint density at radius 2 is 1.95 bits per heavy atom. The Kier molecular flexibility index (Phi) is 5.06. The topological polar surface area (TPSA) is 74.6 Å². The lowest BCUT2D eigenvalue weighted by molar-refractivity contribution is 0.0929. The molecule has 3 amide bonds. The zero-order valence-corrected chi connectivity index (χ0v) is 13.0. The number of carbonyl (C=O) groups excluding carboxylic acids is 2. The molecule has 2 rings (SSSR count). The molecule has 0 saturated heterocycles. The van der Waals surface area contributed by atoms with Crippen LogP contribution in [0.15, 0.2) is 41.0 Å². The first-order chi connectivity index (χ1) is 10.5. The Balaban J connectivity index is 1.88. The first-order valence-corrected chi connectivity index (χ1v) is 6.95. The molecule has 0 unspecified atom stereocenters. The predicted octanol–water partition coefficient (Wildman–Crippen LogP) is 2.73. The summed E-state index contributed by atoms with van der Waals surface area (Å²) < 4.78 is 5.03. The Labute approximate surface area is 133 Å². The average Bonchev–Trinajstić information content (AvgIpc) is 2.93. The van der Waals surface area contributed by atoms with Crippen LogP contribution in [0.5, 0.6) is 0 Å². The predicted molar refractivity (Wildman–Crippen MR) is 82.4 cm³/mol. The Bertz CT molecular complexity index is 684. The van der Waals surface area contributed by atoms with Crippen LogP contribution in [0.2, 0.25) is 5.02 Å². The number of halogens is 1. The number of benzene rings is 1. The number of furan rings is 1. The maximum atomic E-state index is 12.0. The standard InChI is InChI=1S/C15H16ClN3O3/c1-10-12(7-8-22-10)14(20)17-18-15(21)19(2)9-11-5-3-4-6-13(11)16/h3-8H,9H2,1-2H3,(H,17,20)(H,18,21). The number of urea groups is 1. The maximum absolute atomic E-state index is 12.0. The van der Waals surface area contributed by atoms with E-state index in [1.54, 1.807) is 20.0 Å². The van der Waals surface area contributed by atoms with Crippen molar-refractivity contribution in [3.8, 4) is 0 Å². The molecule has 7 heteroatoms. The smallest absolute Gasteiger partial charge is 0.336 e. The molecule has 2 aromatic rings. The zero-order valence-electron chi connectivity index (χ0n) is 12.2. The fourth-order valence-corrected chi connectivity index (χ4v) is 2.04. The fourth-order valence-electron chi connectivity index (χ4n) is 1.85. The highest BCUT2D eigenvalue weighted by Gasteiger charge is 2.14. The van der Waals surface area contributed by atoms with Crippen molar-refractivity contribution in [2.24, 2.45) is 0 Å². The number of amides is 3. The monoisotopic (exact) mass is 321 g/mol. The van der Waals surface area contributed by atoms with E-state index in [1.807, 2.05) is 18.2 Å². The summed E-state index contributed by atoms with van der Waals surface area (Å²) in [6.45, 7) is 1.99. The Hall–Kier alpha value is -2.47. The fraction of sp³-hybridized carbons (Fsp3) is 0.200. The van der Waals surface area contributed by atoms with Crippen molar-refractivity contribution >= 4 is 23.5 Å². The van der Waals surface area contributed by atoms with Crippen molar-refractivity contribution in [1.82, 2.24) is 15.8 Å². The highest BCUT2D eigenvalue weighted by atomic mass is 35.5. The van der Waals surface area contributed by atoms with Gasteiger partial charge >= 0.3 is 6.03 Å².